The van der Waals surface area contributed by atoms with E-state index >= 15 is 0 Å². The van der Waals surface area contributed by atoms with Gasteiger partial charge in [-0.1, -0.05) is 12.1 Å². The minimum Gasteiger partial charge on any atom is -0.493 e. The van der Waals surface area contributed by atoms with Gasteiger partial charge in [0.2, 0.25) is 5.36 Å². The topological polar surface area (TPSA) is 54.8 Å². The monoisotopic (exact) mass is 354 g/mol. The molecule has 0 fully saturated rings. The van der Waals surface area contributed by atoms with Crippen LogP contribution in [0.3, 0.4) is 0 Å². The normalized spacial score (nSPS) is 12.2. The molecule has 0 atom stereocenters. The molecule has 0 radical (unpaired) electrons. The third kappa shape index (κ3) is 3.44. The summed E-state index contributed by atoms with van der Waals surface area (Å²) in [5, 5.41) is 11.5. The van der Waals surface area contributed by atoms with Crippen molar-refractivity contribution in [1.82, 2.24) is 4.58 Å². The molecule has 3 aromatic rings. The minimum absolute atomic E-state index is 0.0971. The highest BCUT2D eigenvalue weighted by Gasteiger charge is 2.14. The first-order chi connectivity index (χ1) is 12.7. The summed E-state index contributed by atoms with van der Waals surface area (Å²) in [6.45, 7) is 3.53. The Bertz CT molecular complexity index is 975. The van der Waals surface area contributed by atoms with Crippen molar-refractivity contribution in [2.45, 2.75) is 6.92 Å². The first-order valence-corrected chi connectivity index (χ1v) is 8.66. The highest BCUT2D eigenvalue weighted by atomic mass is 16.5. The molecule has 1 heterocycles. The third-order valence-electron chi connectivity index (χ3n) is 4.41. The average Bonchev–Trinajstić information content (AvgIpc) is 2.70. The number of para-hydroxylation sites is 1. The molecule has 136 valence electrons. The van der Waals surface area contributed by atoms with Gasteiger partial charge in [-0.05, 0) is 37.3 Å². The van der Waals surface area contributed by atoms with Crippen molar-refractivity contribution in [3.05, 3.63) is 53.9 Å². The van der Waals surface area contributed by atoms with Gasteiger partial charge in [0.15, 0.2) is 18.0 Å². The van der Waals surface area contributed by atoms with Gasteiger partial charge >= 0.3 is 0 Å². The Labute approximate surface area is 152 Å². The van der Waals surface area contributed by atoms with Crippen LogP contribution in [0.5, 0.6) is 11.5 Å². The van der Waals surface area contributed by atoms with E-state index in [4.69, 9.17) is 13.9 Å². The smallest absolute Gasteiger partial charge is 0.214 e. The van der Waals surface area contributed by atoms with Crippen LogP contribution >= 0.6 is 0 Å². The fourth-order valence-electron chi connectivity index (χ4n) is 3.08. The molecule has 0 aliphatic rings. The van der Waals surface area contributed by atoms with Gasteiger partial charge in [0.25, 0.3) is 0 Å². The zero-order valence-electron chi connectivity index (χ0n) is 15.4. The van der Waals surface area contributed by atoms with Gasteiger partial charge in [-0.15, -0.1) is 0 Å². The molecule has 26 heavy (non-hydrogen) atoms. The predicted octanol–water partition coefficient (Wildman–Crippen LogP) is 2.90. The summed E-state index contributed by atoms with van der Waals surface area (Å²) in [7, 11) is 3.23. The second-order valence-corrected chi connectivity index (χ2v) is 5.87. The zero-order chi connectivity index (χ0) is 18.5. The van der Waals surface area contributed by atoms with E-state index in [1.165, 1.54) is 0 Å². The number of hydrogen-bond donors (Lipinski definition) is 1. The van der Waals surface area contributed by atoms with Crippen LogP contribution in [0.1, 0.15) is 6.92 Å². The largest absolute Gasteiger partial charge is 0.493 e. The molecule has 1 aromatic heterocycles. The first-order valence-electron chi connectivity index (χ1n) is 8.66. The van der Waals surface area contributed by atoms with E-state index in [1.54, 1.807) is 14.2 Å². The molecule has 3 rings (SSSR count). The van der Waals surface area contributed by atoms with Crippen LogP contribution in [0.2, 0.25) is 0 Å². The number of methoxy groups -OCH3 is 2. The number of aliphatic hydroxyl groups is 1. The standard InChI is InChI=1S/C21H24NO4/c1-4-22(11-12-23)17-14-20(26-18-8-6-5-7-16(17)18)15-9-10-19(24-2)21(13-15)25-3/h5-10,13-14,23H,4,11-12H2,1-3H3/q+1. The number of hydrogen-bond acceptors (Lipinski definition) is 4. The van der Waals surface area contributed by atoms with Crippen LogP contribution in [0.4, 0.5) is 0 Å². The molecule has 2 aromatic carbocycles. The quantitative estimate of drug-likeness (QED) is 0.692. The second kappa shape index (κ2) is 8.06. The molecule has 5 heteroatoms. The summed E-state index contributed by atoms with van der Waals surface area (Å²) in [4.78, 5) is 0. The summed E-state index contributed by atoms with van der Waals surface area (Å²) in [6, 6.07) is 15.7. The highest BCUT2D eigenvalue weighted by molar-refractivity contribution is 5.78. The van der Waals surface area contributed by atoms with E-state index in [0.29, 0.717) is 18.0 Å². The zero-order valence-corrected chi connectivity index (χ0v) is 15.4. The Morgan fingerprint density at radius 2 is 1.77 bits per heavy atom. The van der Waals surface area contributed by atoms with Crippen LogP contribution in [0.25, 0.3) is 22.3 Å². The molecule has 0 spiro atoms. The van der Waals surface area contributed by atoms with E-state index in [1.807, 2.05) is 48.5 Å². The minimum atomic E-state index is 0.0971. The van der Waals surface area contributed by atoms with Gasteiger partial charge in [0.05, 0.1) is 25.7 Å². The van der Waals surface area contributed by atoms with Crippen molar-refractivity contribution in [2.24, 2.45) is 0 Å². The maximum atomic E-state index is 9.42. The lowest BCUT2D eigenvalue weighted by molar-refractivity contribution is 0.283. The van der Waals surface area contributed by atoms with E-state index in [9.17, 15) is 5.11 Å². The summed E-state index contributed by atoms with van der Waals surface area (Å²) < 4.78 is 19.0. The Balaban J connectivity index is 2.28. The van der Waals surface area contributed by atoms with Crippen molar-refractivity contribution in [1.29, 1.82) is 0 Å². The van der Waals surface area contributed by atoms with Gasteiger partial charge in [-0.2, -0.15) is 0 Å². The van der Waals surface area contributed by atoms with Crippen molar-refractivity contribution in [3.63, 3.8) is 0 Å². The van der Waals surface area contributed by atoms with Crippen LogP contribution in [-0.2, 0) is 0 Å². The van der Waals surface area contributed by atoms with Crippen molar-refractivity contribution >= 4 is 11.0 Å². The van der Waals surface area contributed by atoms with Crippen LogP contribution < -0.4 is 19.4 Å². The number of likely N-dealkylation sites (N-methyl/N-ethyl adjacent to an activating group) is 1. The van der Waals surface area contributed by atoms with Gasteiger partial charge in [0, 0.05) is 5.56 Å². The van der Waals surface area contributed by atoms with Gasteiger partial charge in [-0.25, -0.2) is 4.58 Å². The Morgan fingerprint density at radius 3 is 2.46 bits per heavy atom. The molecule has 0 bridgehead atoms. The molecule has 0 saturated heterocycles. The molecular formula is C21H24NO4+. The lowest BCUT2D eigenvalue weighted by Gasteiger charge is -2.10. The van der Waals surface area contributed by atoms with Gasteiger partial charge in [0.1, 0.15) is 24.5 Å². The number of benzene rings is 2. The Hall–Kier alpha value is -2.79. The van der Waals surface area contributed by atoms with Crippen molar-refractivity contribution in [2.75, 3.05) is 33.9 Å². The van der Waals surface area contributed by atoms with Gasteiger partial charge < -0.3 is 19.0 Å². The van der Waals surface area contributed by atoms with E-state index in [2.05, 4.69) is 11.5 Å². The first kappa shape index (κ1) is 18.0. The van der Waals surface area contributed by atoms with Crippen LogP contribution in [-0.4, -0.2) is 39.0 Å². The van der Waals surface area contributed by atoms with Gasteiger partial charge in [-0.3, -0.25) is 0 Å². The van der Waals surface area contributed by atoms with E-state index in [-0.39, 0.29) is 6.61 Å². The lowest BCUT2D eigenvalue weighted by atomic mass is 10.1. The maximum Gasteiger partial charge on any atom is 0.214 e. The molecule has 0 aliphatic heterocycles. The van der Waals surface area contributed by atoms with Crippen LogP contribution in [0.15, 0.2) is 52.9 Å². The Kier molecular flexibility index (Phi) is 5.58. The summed E-state index contributed by atoms with van der Waals surface area (Å²) >= 11 is 0. The predicted molar refractivity (Wildman–Crippen MR) is 103 cm³/mol. The average molecular weight is 354 g/mol. The summed E-state index contributed by atoms with van der Waals surface area (Å²) in [6.07, 6.45) is 0. The molecular weight excluding hydrogens is 330 g/mol. The fourth-order valence-corrected chi connectivity index (χ4v) is 3.08. The number of aliphatic hydroxyl groups excluding tert-OH is 1. The second-order valence-electron chi connectivity index (χ2n) is 5.87. The summed E-state index contributed by atoms with van der Waals surface area (Å²) in [5.74, 6) is 2.06. The molecule has 0 aliphatic carbocycles. The fraction of sp³-hybridized carbons (Fsp3) is 0.286. The highest BCUT2D eigenvalue weighted by Crippen LogP contribution is 2.32. The number of rotatable bonds is 6. The lowest BCUT2D eigenvalue weighted by Crippen LogP contribution is -2.32. The molecule has 1 N–H and O–H groups in total. The molecule has 5 nitrogen and oxygen atoms in total. The SMILES string of the molecule is CC[N+](CCO)=c1cc(-c2ccc(OC)c(OC)c2)oc2ccccc12. The van der Waals surface area contributed by atoms with Crippen molar-refractivity contribution < 1.29 is 19.0 Å². The van der Waals surface area contributed by atoms with E-state index in [0.717, 1.165) is 34.2 Å². The number of ether oxygens (including phenoxy) is 2. The molecule has 0 saturated carbocycles. The number of fused-ring (bicyclic) bond motifs is 1. The van der Waals surface area contributed by atoms with Crippen molar-refractivity contribution in [3.8, 4) is 22.8 Å². The van der Waals surface area contributed by atoms with Crippen LogP contribution in [0, 0.1) is 0 Å². The summed E-state index contributed by atoms with van der Waals surface area (Å²) in [5.41, 5.74) is 1.70. The van der Waals surface area contributed by atoms with E-state index < -0.39 is 0 Å². The molecule has 0 amide bonds. The molecule has 0 unspecified atom stereocenters. The number of nitrogens with zero attached hydrogens (tertiary/aromatic N) is 1. The Morgan fingerprint density at radius 1 is 1.00 bits per heavy atom. The third-order valence-corrected chi connectivity index (χ3v) is 4.41. The maximum absolute atomic E-state index is 9.42.